The quantitative estimate of drug-likeness (QED) is 0.578. The molecule has 1 rings (SSSR count). The number of halogens is 1. The Morgan fingerprint density at radius 3 is 2.76 bits per heavy atom. The highest BCUT2D eigenvalue weighted by molar-refractivity contribution is 6.31. The second kappa shape index (κ2) is 6.57. The molecule has 0 fully saturated rings. The first kappa shape index (κ1) is 13.9. The van der Waals surface area contributed by atoms with E-state index in [4.69, 9.17) is 11.6 Å². The van der Waals surface area contributed by atoms with Crippen LogP contribution in [-0.4, -0.2) is 23.4 Å². The van der Waals surface area contributed by atoms with Crippen molar-refractivity contribution in [3.63, 3.8) is 0 Å². The molecule has 0 atom stereocenters. The van der Waals surface area contributed by atoms with Crippen LogP contribution in [0.1, 0.15) is 25.3 Å². The highest BCUT2D eigenvalue weighted by atomic mass is 35.5. The molecule has 1 aromatic carbocycles. The Bertz CT molecular complexity index is 396. The van der Waals surface area contributed by atoms with E-state index in [1.54, 1.807) is 12.1 Å². The summed E-state index contributed by atoms with van der Waals surface area (Å²) < 4.78 is 0. The van der Waals surface area contributed by atoms with E-state index >= 15 is 0 Å². The van der Waals surface area contributed by atoms with E-state index in [1.165, 1.54) is 6.07 Å². The Morgan fingerprint density at radius 2 is 2.18 bits per heavy atom. The Balaban J connectivity index is 2.75. The predicted molar refractivity (Wildman–Crippen MR) is 69.3 cm³/mol. The predicted octanol–water partition coefficient (Wildman–Crippen LogP) is 3.48. The fraction of sp³-hybridized carbons (Fsp3) is 0.500. The van der Waals surface area contributed by atoms with Crippen LogP contribution in [0.2, 0.25) is 5.02 Å². The molecule has 0 spiro atoms. The number of nitro groups is 1. The van der Waals surface area contributed by atoms with Crippen LogP contribution in [-0.2, 0) is 6.54 Å². The van der Waals surface area contributed by atoms with Gasteiger partial charge in [-0.15, -0.1) is 0 Å². The van der Waals surface area contributed by atoms with Crippen LogP contribution in [0.25, 0.3) is 0 Å². The summed E-state index contributed by atoms with van der Waals surface area (Å²) in [6.07, 6.45) is 2.25. The van der Waals surface area contributed by atoms with Crippen molar-refractivity contribution in [1.82, 2.24) is 4.90 Å². The molecule has 0 unspecified atom stereocenters. The van der Waals surface area contributed by atoms with Gasteiger partial charge in [-0.05, 0) is 31.6 Å². The monoisotopic (exact) mass is 256 g/mol. The van der Waals surface area contributed by atoms with Gasteiger partial charge in [-0.1, -0.05) is 24.9 Å². The van der Waals surface area contributed by atoms with Crippen molar-refractivity contribution in [2.75, 3.05) is 13.6 Å². The van der Waals surface area contributed by atoms with Crippen molar-refractivity contribution in [3.05, 3.63) is 38.9 Å². The minimum absolute atomic E-state index is 0.0910. The fourth-order valence-electron chi connectivity index (χ4n) is 1.59. The third kappa shape index (κ3) is 4.32. The maximum atomic E-state index is 10.7. The van der Waals surface area contributed by atoms with Gasteiger partial charge < -0.3 is 4.90 Å². The molecular formula is C12H17ClN2O2. The number of non-ortho nitro benzene ring substituents is 1. The van der Waals surface area contributed by atoms with Gasteiger partial charge in [0.15, 0.2) is 0 Å². The molecule has 0 heterocycles. The second-order valence-corrected chi connectivity index (χ2v) is 4.53. The molecule has 0 aliphatic rings. The van der Waals surface area contributed by atoms with Gasteiger partial charge >= 0.3 is 0 Å². The van der Waals surface area contributed by atoms with Gasteiger partial charge in [0.2, 0.25) is 0 Å². The van der Waals surface area contributed by atoms with E-state index in [0.717, 1.165) is 24.9 Å². The lowest BCUT2D eigenvalue weighted by Gasteiger charge is -2.16. The Hall–Kier alpha value is -1.13. The molecule has 0 N–H and O–H groups in total. The number of rotatable bonds is 6. The molecule has 0 aliphatic carbocycles. The topological polar surface area (TPSA) is 46.4 Å². The summed E-state index contributed by atoms with van der Waals surface area (Å²) in [5.74, 6) is 0. The molecule has 0 amide bonds. The SMILES string of the molecule is CCCCN(C)Cc1cc([N+](=O)[O-])ccc1Cl. The van der Waals surface area contributed by atoms with Gasteiger partial charge in [0.25, 0.3) is 5.69 Å². The van der Waals surface area contributed by atoms with E-state index in [0.29, 0.717) is 11.6 Å². The minimum Gasteiger partial charge on any atom is -0.302 e. The van der Waals surface area contributed by atoms with Crippen LogP contribution in [0, 0.1) is 10.1 Å². The van der Waals surface area contributed by atoms with Gasteiger partial charge in [0, 0.05) is 23.7 Å². The maximum Gasteiger partial charge on any atom is 0.269 e. The summed E-state index contributed by atoms with van der Waals surface area (Å²) in [7, 11) is 1.99. The fourth-order valence-corrected chi connectivity index (χ4v) is 1.77. The highest BCUT2D eigenvalue weighted by Gasteiger charge is 2.11. The number of nitrogens with zero attached hydrogens (tertiary/aromatic N) is 2. The first-order valence-electron chi connectivity index (χ1n) is 5.66. The van der Waals surface area contributed by atoms with E-state index in [2.05, 4.69) is 11.8 Å². The molecule has 0 saturated heterocycles. The molecule has 0 bridgehead atoms. The minimum atomic E-state index is -0.397. The van der Waals surface area contributed by atoms with Crippen LogP contribution in [0.15, 0.2) is 18.2 Å². The van der Waals surface area contributed by atoms with Gasteiger partial charge in [0.05, 0.1) is 4.92 Å². The Morgan fingerprint density at radius 1 is 1.47 bits per heavy atom. The van der Waals surface area contributed by atoms with Gasteiger partial charge in [-0.3, -0.25) is 10.1 Å². The summed E-state index contributed by atoms with van der Waals surface area (Å²) in [5.41, 5.74) is 0.896. The van der Waals surface area contributed by atoms with Crippen LogP contribution in [0.5, 0.6) is 0 Å². The van der Waals surface area contributed by atoms with Crippen molar-refractivity contribution in [3.8, 4) is 0 Å². The largest absolute Gasteiger partial charge is 0.302 e. The molecule has 94 valence electrons. The third-order valence-electron chi connectivity index (χ3n) is 2.57. The zero-order valence-corrected chi connectivity index (χ0v) is 10.9. The molecule has 0 aliphatic heterocycles. The molecule has 0 saturated carbocycles. The first-order valence-corrected chi connectivity index (χ1v) is 6.03. The first-order chi connectivity index (χ1) is 8.04. The summed E-state index contributed by atoms with van der Waals surface area (Å²) >= 11 is 6.03. The van der Waals surface area contributed by atoms with Crippen molar-refractivity contribution in [2.24, 2.45) is 0 Å². The third-order valence-corrected chi connectivity index (χ3v) is 2.94. The Kier molecular flexibility index (Phi) is 5.38. The van der Waals surface area contributed by atoms with Crippen LogP contribution < -0.4 is 0 Å². The van der Waals surface area contributed by atoms with E-state index in [9.17, 15) is 10.1 Å². The molecule has 0 radical (unpaired) electrons. The number of benzene rings is 1. The van der Waals surface area contributed by atoms with E-state index in [-0.39, 0.29) is 5.69 Å². The molecule has 5 heteroatoms. The van der Waals surface area contributed by atoms with Gasteiger partial charge in [-0.25, -0.2) is 0 Å². The van der Waals surface area contributed by atoms with Gasteiger partial charge in [0.1, 0.15) is 0 Å². The van der Waals surface area contributed by atoms with Crippen molar-refractivity contribution in [2.45, 2.75) is 26.3 Å². The van der Waals surface area contributed by atoms with Crippen LogP contribution in [0.3, 0.4) is 0 Å². The van der Waals surface area contributed by atoms with Crippen molar-refractivity contribution >= 4 is 17.3 Å². The number of hydrogen-bond donors (Lipinski definition) is 0. The smallest absolute Gasteiger partial charge is 0.269 e. The summed E-state index contributed by atoms with van der Waals surface area (Å²) in [4.78, 5) is 12.4. The normalized spacial score (nSPS) is 10.8. The average Bonchev–Trinajstić information content (AvgIpc) is 2.29. The lowest BCUT2D eigenvalue weighted by atomic mass is 10.2. The average molecular weight is 257 g/mol. The molecule has 1 aromatic rings. The lowest BCUT2D eigenvalue weighted by Crippen LogP contribution is -2.19. The summed E-state index contributed by atoms with van der Waals surface area (Å²) in [6.45, 7) is 3.74. The maximum absolute atomic E-state index is 10.7. The zero-order valence-electron chi connectivity index (χ0n) is 10.1. The summed E-state index contributed by atoms with van der Waals surface area (Å²) in [6, 6.07) is 4.56. The van der Waals surface area contributed by atoms with E-state index < -0.39 is 4.92 Å². The zero-order chi connectivity index (χ0) is 12.8. The second-order valence-electron chi connectivity index (χ2n) is 4.12. The van der Waals surface area contributed by atoms with Crippen molar-refractivity contribution < 1.29 is 4.92 Å². The van der Waals surface area contributed by atoms with Crippen LogP contribution in [0.4, 0.5) is 5.69 Å². The Labute approximate surface area is 106 Å². The van der Waals surface area contributed by atoms with Gasteiger partial charge in [-0.2, -0.15) is 0 Å². The molecule has 0 aromatic heterocycles. The van der Waals surface area contributed by atoms with Crippen molar-refractivity contribution in [1.29, 1.82) is 0 Å². The van der Waals surface area contributed by atoms with Crippen LogP contribution >= 0.6 is 11.6 Å². The number of hydrogen-bond acceptors (Lipinski definition) is 3. The highest BCUT2D eigenvalue weighted by Crippen LogP contribution is 2.23. The van der Waals surface area contributed by atoms with E-state index in [1.807, 2.05) is 7.05 Å². The number of nitro benzene ring substituents is 1. The standard InChI is InChI=1S/C12H17ClN2O2/c1-3-4-7-14(2)9-10-8-11(15(16)17)5-6-12(10)13/h5-6,8H,3-4,7,9H2,1-2H3. The summed E-state index contributed by atoms with van der Waals surface area (Å²) in [5, 5.41) is 11.3. The molecular weight excluding hydrogens is 240 g/mol. The lowest BCUT2D eigenvalue weighted by molar-refractivity contribution is -0.384. The molecule has 17 heavy (non-hydrogen) atoms. The number of unbranched alkanes of at least 4 members (excludes halogenated alkanes) is 1. The molecule has 4 nitrogen and oxygen atoms in total.